The Hall–Kier alpha value is -1.67. The molecule has 0 saturated heterocycles. The molecule has 0 spiro atoms. The fourth-order valence-electron chi connectivity index (χ4n) is 1.36. The summed E-state index contributed by atoms with van der Waals surface area (Å²) in [5, 5.41) is 12.6. The first-order chi connectivity index (χ1) is 7.36. The highest BCUT2D eigenvalue weighted by Crippen LogP contribution is 2.39. The Morgan fingerprint density at radius 2 is 2.33 bits per heavy atom. The van der Waals surface area contributed by atoms with Gasteiger partial charge in [0.2, 0.25) is 0 Å². The van der Waals surface area contributed by atoms with Crippen LogP contribution in [0.5, 0.6) is 0 Å². The molecule has 1 aliphatic carbocycles. The lowest BCUT2D eigenvalue weighted by atomic mass is 10.4. The third-order valence-electron chi connectivity index (χ3n) is 2.31. The van der Waals surface area contributed by atoms with E-state index in [4.69, 9.17) is 9.78 Å². The van der Waals surface area contributed by atoms with Crippen molar-refractivity contribution in [2.24, 2.45) is 0 Å². The van der Waals surface area contributed by atoms with Crippen LogP contribution in [0, 0.1) is 11.3 Å². The largest absolute Gasteiger partial charge is 0.333 e. The molecule has 0 unspecified atom stereocenters. The van der Waals surface area contributed by atoms with Gasteiger partial charge in [-0.3, -0.25) is 0 Å². The minimum Gasteiger partial charge on any atom is -0.333 e. The Balaban J connectivity index is 1.94. The van der Waals surface area contributed by atoms with Crippen LogP contribution in [-0.2, 0) is 0 Å². The molecule has 4 nitrogen and oxygen atoms in total. The molecule has 1 aliphatic rings. The average Bonchev–Trinajstić information content (AvgIpc) is 2.84. The maximum Gasteiger partial charge on any atom is 0.268 e. The topological polar surface area (TPSA) is 62.7 Å². The SMILES string of the molecule is N#Cc1ccc(-c2nc(C3CC3)no2)s1. The van der Waals surface area contributed by atoms with E-state index in [1.54, 1.807) is 6.07 Å². The van der Waals surface area contributed by atoms with Gasteiger partial charge in [-0.2, -0.15) is 10.2 Å². The molecule has 0 aromatic carbocycles. The van der Waals surface area contributed by atoms with Crippen molar-refractivity contribution >= 4 is 11.3 Å². The van der Waals surface area contributed by atoms with Gasteiger partial charge in [0.15, 0.2) is 5.82 Å². The molecule has 1 fully saturated rings. The monoisotopic (exact) mass is 217 g/mol. The zero-order chi connectivity index (χ0) is 10.3. The van der Waals surface area contributed by atoms with E-state index in [2.05, 4.69) is 16.2 Å². The fourth-order valence-corrected chi connectivity index (χ4v) is 2.08. The molecule has 0 radical (unpaired) electrons. The number of hydrogen-bond donors (Lipinski definition) is 0. The first-order valence-corrected chi connectivity index (χ1v) is 5.52. The molecular formula is C10H7N3OS. The minimum absolute atomic E-state index is 0.498. The zero-order valence-electron chi connectivity index (χ0n) is 7.80. The smallest absolute Gasteiger partial charge is 0.268 e. The maximum absolute atomic E-state index is 8.70. The summed E-state index contributed by atoms with van der Waals surface area (Å²) in [7, 11) is 0. The highest BCUT2D eigenvalue weighted by atomic mass is 32.1. The van der Waals surface area contributed by atoms with Gasteiger partial charge in [0.05, 0.1) is 4.88 Å². The van der Waals surface area contributed by atoms with Crippen LogP contribution in [0.2, 0.25) is 0 Å². The van der Waals surface area contributed by atoms with Crippen LogP contribution >= 0.6 is 11.3 Å². The lowest BCUT2D eigenvalue weighted by Crippen LogP contribution is -1.80. The molecule has 0 N–H and O–H groups in total. The first-order valence-electron chi connectivity index (χ1n) is 4.71. The lowest BCUT2D eigenvalue weighted by Gasteiger charge is -1.83. The van der Waals surface area contributed by atoms with Gasteiger partial charge in [0, 0.05) is 5.92 Å². The number of hydrogen-bond acceptors (Lipinski definition) is 5. The first kappa shape index (κ1) is 8.62. The molecule has 15 heavy (non-hydrogen) atoms. The lowest BCUT2D eigenvalue weighted by molar-refractivity contribution is 0.423. The van der Waals surface area contributed by atoms with Gasteiger partial charge >= 0.3 is 0 Å². The van der Waals surface area contributed by atoms with E-state index in [9.17, 15) is 0 Å². The van der Waals surface area contributed by atoms with Gasteiger partial charge in [0.25, 0.3) is 5.89 Å². The van der Waals surface area contributed by atoms with Crippen LogP contribution in [0.4, 0.5) is 0 Å². The summed E-state index contributed by atoms with van der Waals surface area (Å²) in [6.07, 6.45) is 2.32. The molecule has 0 aliphatic heterocycles. The summed E-state index contributed by atoms with van der Waals surface area (Å²) in [6, 6.07) is 5.69. The van der Waals surface area contributed by atoms with E-state index < -0.39 is 0 Å². The number of aromatic nitrogens is 2. The van der Waals surface area contributed by atoms with Crippen molar-refractivity contribution in [2.45, 2.75) is 18.8 Å². The van der Waals surface area contributed by atoms with Crippen LogP contribution in [0.1, 0.15) is 29.5 Å². The van der Waals surface area contributed by atoms with Crippen molar-refractivity contribution in [2.75, 3.05) is 0 Å². The standard InChI is InChI=1S/C10H7N3OS/c11-5-7-3-4-8(15-7)10-12-9(13-14-10)6-1-2-6/h3-4,6H,1-2H2. The predicted molar refractivity (Wildman–Crippen MR) is 54.3 cm³/mol. The summed E-state index contributed by atoms with van der Waals surface area (Å²) >= 11 is 1.37. The van der Waals surface area contributed by atoms with Gasteiger partial charge < -0.3 is 4.52 Å². The second-order valence-electron chi connectivity index (χ2n) is 3.51. The molecule has 74 valence electrons. The van der Waals surface area contributed by atoms with E-state index >= 15 is 0 Å². The highest BCUT2D eigenvalue weighted by Gasteiger charge is 2.29. The summed E-state index contributed by atoms with van der Waals surface area (Å²) < 4.78 is 5.15. The van der Waals surface area contributed by atoms with Crippen molar-refractivity contribution in [3.63, 3.8) is 0 Å². The van der Waals surface area contributed by atoms with Crippen LogP contribution in [-0.4, -0.2) is 10.1 Å². The molecule has 3 rings (SSSR count). The fraction of sp³-hybridized carbons (Fsp3) is 0.300. The summed E-state index contributed by atoms with van der Waals surface area (Å²) in [4.78, 5) is 5.84. The molecule has 0 amide bonds. The Morgan fingerprint density at radius 1 is 1.47 bits per heavy atom. The molecule has 2 aromatic heterocycles. The van der Waals surface area contributed by atoms with Crippen LogP contribution in [0.3, 0.4) is 0 Å². The predicted octanol–water partition coefficient (Wildman–Crippen LogP) is 2.55. The highest BCUT2D eigenvalue weighted by molar-refractivity contribution is 7.15. The molecule has 0 atom stereocenters. The Labute approximate surface area is 90.2 Å². The van der Waals surface area contributed by atoms with E-state index in [1.165, 1.54) is 11.3 Å². The molecule has 2 heterocycles. The number of thiophene rings is 1. The second kappa shape index (κ2) is 3.17. The van der Waals surface area contributed by atoms with Gasteiger partial charge in [-0.05, 0) is 25.0 Å². The van der Waals surface area contributed by atoms with Crippen molar-refractivity contribution in [3.05, 3.63) is 22.8 Å². The van der Waals surface area contributed by atoms with Crippen LogP contribution in [0.15, 0.2) is 16.7 Å². The summed E-state index contributed by atoms with van der Waals surface area (Å²) in [5.74, 6) is 1.83. The van der Waals surface area contributed by atoms with Crippen LogP contribution < -0.4 is 0 Å². The number of nitriles is 1. The van der Waals surface area contributed by atoms with Crippen molar-refractivity contribution in [1.82, 2.24) is 10.1 Å². The van der Waals surface area contributed by atoms with E-state index in [-0.39, 0.29) is 0 Å². The van der Waals surface area contributed by atoms with Gasteiger partial charge in [-0.15, -0.1) is 11.3 Å². The zero-order valence-corrected chi connectivity index (χ0v) is 8.62. The van der Waals surface area contributed by atoms with Crippen molar-refractivity contribution < 1.29 is 4.52 Å². The molecular weight excluding hydrogens is 210 g/mol. The Bertz CT molecular complexity index is 533. The summed E-state index contributed by atoms with van der Waals surface area (Å²) in [6.45, 7) is 0. The molecule has 0 bridgehead atoms. The molecule has 2 aromatic rings. The normalized spacial score (nSPS) is 15.1. The van der Waals surface area contributed by atoms with Crippen molar-refractivity contribution in [1.29, 1.82) is 5.26 Å². The van der Waals surface area contributed by atoms with E-state index in [0.29, 0.717) is 16.7 Å². The average molecular weight is 217 g/mol. The Kier molecular flexibility index (Phi) is 1.82. The maximum atomic E-state index is 8.70. The summed E-state index contributed by atoms with van der Waals surface area (Å²) in [5.41, 5.74) is 0. The number of rotatable bonds is 2. The molecule has 5 heteroatoms. The van der Waals surface area contributed by atoms with Crippen molar-refractivity contribution in [3.8, 4) is 16.8 Å². The third-order valence-corrected chi connectivity index (χ3v) is 3.29. The van der Waals surface area contributed by atoms with Gasteiger partial charge in [-0.25, -0.2) is 0 Å². The number of nitrogens with zero attached hydrogens (tertiary/aromatic N) is 3. The van der Waals surface area contributed by atoms with Gasteiger partial charge in [-0.1, -0.05) is 5.16 Å². The third kappa shape index (κ3) is 1.53. The quantitative estimate of drug-likeness (QED) is 0.775. The Morgan fingerprint density at radius 3 is 3.00 bits per heavy atom. The second-order valence-corrected chi connectivity index (χ2v) is 4.59. The van der Waals surface area contributed by atoms with Crippen LogP contribution in [0.25, 0.3) is 10.8 Å². The molecule has 1 saturated carbocycles. The van der Waals surface area contributed by atoms with E-state index in [1.807, 2.05) is 6.07 Å². The van der Waals surface area contributed by atoms with E-state index in [0.717, 1.165) is 23.5 Å². The minimum atomic E-state index is 0.498. The van der Waals surface area contributed by atoms with Gasteiger partial charge in [0.1, 0.15) is 10.9 Å².